The summed E-state index contributed by atoms with van der Waals surface area (Å²) < 4.78 is 21.1. The average Bonchev–Trinajstić information content (AvgIpc) is 2.61. The van der Waals surface area contributed by atoms with Crippen LogP contribution in [-0.4, -0.2) is 66.1 Å². The van der Waals surface area contributed by atoms with Crippen LogP contribution >= 0.6 is 23.2 Å². The largest absolute Gasteiger partial charge is 0.461 e. The second-order valence-electron chi connectivity index (χ2n) is 6.62. The van der Waals surface area contributed by atoms with Gasteiger partial charge in [0.15, 0.2) is 6.29 Å². The summed E-state index contributed by atoms with van der Waals surface area (Å²) in [7, 11) is 0. The lowest BCUT2D eigenvalue weighted by Gasteiger charge is -2.32. The van der Waals surface area contributed by atoms with E-state index in [1.165, 1.54) is 0 Å². The van der Waals surface area contributed by atoms with E-state index in [1.54, 1.807) is 0 Å². The zero-order valence-electron chi connectivity index (χ0n) is 15.0. The van der Waals surface area contributed by atoms with Crippen LogP contribution in [-0.2, 0) is 28.5 Å². The summed E-state index contributed by atoms with van der Waals surface area (Å²) in [6.07, 6.45) is 3.37. The predicted molar refractivity (Wildman–Crippen MR) is 96.6 cm³/mol. The van der Waals surface area contributed by atoms with Gasteiger partial charge < -0.3 is 24.1 Å². The molecule has 10 heteroatoms. The molecule has 0 aliphatic carbocycles. The summed E-state index contributed by atoms with van der Waals surface area (Å²) >= 11 is 11.1. The Morgan fingerprint density at radius 2 is 1.63 bits per heavy atom. The molecular formula is C17H27Cl2FO7. The van der Waals surface area contributed by atoms with E-state index >= 15 is 0 Å². The normalized spacial score (nSPS) is 33.7. The van der Waals surface area contributed by atoms with E-state index in [0.29, 0.717) is 25.1 Å². The van der Waals surface area contributed by atoms with E-state index in [0.717, 1.165) is 25.9 Å². The Kier molecular flexibility index (Phi) is 11.5. The van der Waals surface area contributed by atoms with Crippen molar-refractivity contribution in [3.8, 4) is 0 Å². The second kappa shape index (κ2) is 12.7. The Morgan fingerprint density at radius 1 is 1.00 bits per heavy atom. The predicted octanol–water partition coefficient (Wildman–Crippen LogP) is 2.29. The molecule has 3 aliphatic rings. The van der Waals surface area contributed by atoms with Crippen LogP contribution in [0.2, 0.25) is 0 Å². The highest BCUT2D eigenvalue weighted by Gasteiger charge is 2.31. The summed E-state index contributed by atoms with van der Waals surface area (Å²) in [5, 5.41) is 9.02. The summed E-state index contributed by atoms with van der Waals surface area (Å²) in [5.74, 6) is 0.0158. The first kappa shape index (κ1) is 24.4. The van der Waals surface area contributed by atoms with Crippen molar-refractivity contribution >= 4 is 35.1 Å². The van der Waals surface area contributed by atoms with Crippen molar-refractivity contribution in [1.82, 2.24) is 0 Å². The molecule has 0 radical (unpaired) electrons. The lowest BCUT2D eigenvalue weighted by atomic mass is 10.1. The molecule has 0 amide bonds. The fourth-order valence-corrected chi connectivity index (χ4v) is 3.41. The molecule has 0 saturated carbocycles. The summed E-state index contributed by atoms with van der Waals surface area (Å²) in [6, 6.07) is 0. The quantitative estimate of drug-likeness (QED) is 0.537. The lowest BCUT2D eigenvalue weighted by molar-refractivity contribution is -0.207. The minimum absolute atomic E-state index is 0. The highest BCUT2D eigenvalue weighted by Crippen LogP contribution is 2.23. The molecule has 7 nitrogen and oxygen atoms in total. The van der Waals surface area contributed by atoms with Crippen LogP contribution in [0.5, 0.6) is 0 Å². The number of cyclic esters (lactones) is 2. The number of ether oxygens (including phenoxy) is 4. The first-order chi connectivity index (χ1) is 12.5. The number of aliphatic hydroxyl groups excluding tert-OH is 1. The molecule has 0 aromatic carbocycles. The summed E-state index contributed by atoms with van der Waals surface area (Å²) in [6.45, 7) is 0.751. The van der Waals surface area contributed by atoms with Gasteiger partial charge in [0.25, 0.3) is 0 Å². The number of hydrogen-bond donors (Lipinski definition) is 1. The second-order valence-corrected chi connectivity index (χ2v) is 7.24. The van der Waals surface area contributed by atoms with Crippen LogP contribution in [0, 0.1) is 0 Å². The van der Waals surface area contributed by atoms with E-state index in [1.807, 2.05) is 0 Å². The fourth-order valence-electron chi connectivity index (χ4n) is 3.03. The van der Waals surface area contributed by atoms with Crippen molar-refractivity contribution in [2.24, 2.45) is 0 Å². The number of esters is 2. The zero-order valence-corrected chi connectivity index (χ0v) is 16.5. The van der Waals surface area contributed by atoms with E-state index < -0.39 is 6.10 Å². The van der Waals surface area contributed by atoms with Crippen molar-refractivity contribution in [2.45, 2.75) is 75.7 Å². The Morgan fingerprint density at radius 3 is 2.19 bits per heavy atom. The molecule has 3 saturated heterocycles. The third-order valence-electron chi connectivity index (χ3n) is 4.28. The molecule has 27 heavy (non-hydrogen) atoms. The first-order valence-corrected chi connectivity index (χ1v) is 10.0. The van der Waals surface area contributed by atoms with Crippen LogP contribution in [0.1, 0.15) is 44.9 Å². The number of halogens is 3. The van der Waals surface area contributed by atoms with Gasteiger partial charge in [0.05, 0.1) is 36.8 Å². The number of hydrogen-bond acceptors (Lipinski definition) is 7. The molecule has 0 aromatic rings. The molecule has 1 unspecified atom stereocenters. The smallest absolute Gasteiger partial charge is 0.308 e. The third-order valence-corrected chi connectivity index (χ3v) is 4.97. The Bertz CT molecular complexity index is 463. The average molecular weight is 433 g/mol. The highest BCUT2D eigenvalue weighted by atomic mass is 35.5. The summed E-state index contributed by atoms with van der Waals surface area (Å²) in [4.78, 5) is 21.9. The highest BCUT2D eigenvalue weighted by molar-refractivity contribution is 6.18. The van der Waals surface area contributed by atoms with Gasteiger partial charge in [-0.1, -0.05) is 0 Å². The monoisotopic (exact) mass is 432 g/mol. The molecule has 0 aromatic heterocycles. The molecule has 0 bridgehead atoms. The van der Waals surface area contributed by atoms with Crippen molar-refractivity contribution in [3.63, 3.8) is 0 Å². The molecule has 0 spiro atoms. The van der Waals surface area contributed by atoms with Gasteiger partial charge in [-0.05, 0) is 19.3 Å². The van der Waals surface area contributed by atoms with Crippen molar-refractivity contribution < 1.29 is 38.3 Å². The molecule has 1 N–H and O–H groups in total. The lowest BCUT2D eigenvalue weighted by Crippen LogP contribution is -2.38. The maximum Gasteiger partial charge on any atom is 0.308 e. The SMILES string of the molecule is F.O=C1C[C@H](O)C[C@@H](CCl)O1.O=C1C[C@H](OC2CCCCO2)C[C@@H](CCl)O1. The zero-order chi connectivity index (χ0) is 18.9. The maximum atomic E-state index is 11.3. The van der Waals surface area contributed by atoms with Gasteiger partial charge in [-0.3, -0.25) is 14.3 Å². The van der Waals surface area contributed by atoms with Crippen LogP contribution in [0.25, 0.3) is 0 Å². The Balaban J connectivity index is 0.000000288. The van der Waals surface area contributed by atoms with Gasteiger partial charge in [-0.15, -0.1) is 23.2 Å². The number of carbonyl (C=O) groups is 2. The topological polar surface area (TPSA) is 91.3 Å². The van der Waals surface area contributed by atoms with E-state index in [4.69, 9.17) is 47.3 Å². The molecule has 5 atom stereocenters. The molecule has 158 valence electrons. The van der Waals surface area contributed by atoms with Crippen molar-refractivity contribution in [2.75, 3.05) is 18.4 Å². The van der Waals surface area contributed by atoms with Crippen LogP contribution in [0.15, 0.2) is 0 Å². The van der Waals surface area contributed by atoms with E-state index in [2.05, 4.69) is 0 Å². The number of aliphatic hydroxyl groups is 1. The van der Waals surface area contributed by atoms with Crippen LogP contribution < -0.4 is 0 Å². The van der Waals surface area contributed by atoms with Crippen LogP contribution in [0.4, 0.5) is 4.70 Å². The first-order valence-electron chi connectivity index (χ1n) is 8.96. The van der Waals surface area contributed by atoms with Crippen LogP contribution in [0.3, 0.4) is 0 Å². The van der Waals surface area contributed by atoms with Gasteiger partial charge in [0, 0.05) is 19.4 Å². The van der Waals surface area contributed by atoms with Gasteiger partial charge in [-0.2, -0.15) is 0 Å². The minimum Gasteiger partial charge on any atom is -0.461 e. The molecule has 3 rings (SSSR count). The number of alkyl halides is 2. The van der Waals surface area contributed by atoms with Crippen molar-refractivity contribution in [1.29, 1.82) is 0 Å². The molecule has 3 aliphatic heterocycles. The number of rotatable bonds is 4. The van der Waals surface area contributed by atoms with E-state index in [9.17, 15) is 9.59 Å². The minimum atomic E-state index is -0.565. The van der Waals surface area contributed by atoms with Gasteiger partial charge in [-0.25, -0.2) is 0 Å². The molecule has 3 fully saturated rings. The standard InChI is InChI=1S/C11H17ClO4.C6H9ClO3.FH/c12-7-9-5-8(6-10(13)15-9)16-11-3-1-2-4-14-11;7-3-5-1-4(8)2-6(9)10-5;/h8-9,11H,1-7H2;4-5,8H,1-3H2;1H/t8-,9+,11?;4-,5+;/m11./s1. The molecule has 3 heterocycles. The molecular weight excluding hydrogens is 406 g/mol. The Hall–Kier alpha value is -0.670. The summed E-state index contributed by atoms with van der Waals surface area (Å²) in [5.41, 5.74) is 0. The fraction of sp³-hybridized carbons (Fsp3) is 0.882. The van der Waals surface area contributed by atoms with Gasteiger partial charge in [0.1, 0.15) is 12.2 Å². The maximum absolute atomic E-state index is 11.3. The third kappa shape index (κ3) is 8.91. The van der Waals surface area contributed by atoms with Gasteiger partial charge >= 0.3 is 11.9 Å². The van der Waals surface area contributed by atoms with Gasteiger partial charge in [0.2, 0.25) is 0 Å². The van der Waals surface area contributed by atoms with E-state index in [-0.39, 0.29) is 53.5 Å². The van der Waals surface area contributed by atoms with Crippen molar-refractivity contribution in [3.05, 3.63) is 0 Å². The Labute approximate surface area is 167 Å². The number of carbonyl (C=O) groups excluding carboxylic acids is 2.